The first kappa shape index (κ1) is 22.7. The molecule has 0 aliphatic rings. The predicted molar refractivity (Wildman–Crippen MR) is 127 cm³/mol. The number of fused-ring (bicyclic) bond motifs is 1. The summed E-state index contributed by atoms with van der Waals surface area (Å²) >= 11 is 1.18. The Kier molecular flexibility index (Phi) is 6.53. The van der Waals surface area contributed by atoms with E-state index in [-0.39, 0.29) is 34.7 Å². The Morgan fingerprint density at radius 1 is 0.914 bits per heavy atom. The standard InChI is InChI=1S/C25H18F2N4O3S/c26-24(27)33-20-13-7-4-10-17(20)15-35-25-29-28-22(34-25)21-18-11-5-6-12-19(18)23(32)31(30-21)14-16-8-2-1-3-9-16/h1-13,24H,14-15H2. The van der Waals surface area contributed by atoms with Crippen LogP contribution in [0, 0.1) is 0 Å². The molecule has 2 aromatic heterocycles. The fourth-order valence-corrected chi connectivity index (χ4v) is 4.35. The van der Waals surface area contributed by atoms with E-state index in [4.69, 9.17) is 4.42 Å². The number of ether oxygens (including phenoxy) is 1. The van der Waals surface area contributed by atoms with Crippen molar-refractivity contribution in [2.75, 3.05) is 0 Å². The van der Waals surface area contributed by atoms with Gasteiger partial charge in [-0.25, -0.2) is 4.68 Å². The Hall–Kier alpha value is -4.05. The SMILES string of the molecule is O=c1c2ccccc2c(-c2nnc(SCc3ccccc3OC(F)F)o2)nn1Cc1ccccc1. The second-order valence-electron chi connectivity index (χ2n) is 7.49. The number of benzene rings is 3. The zero-order chi connectivity index (χ0) is 24.2. The van der Waals surface area contributed by atoms with Crippen molar-refractivity contribution in [2.24, 2.45) is 0 Å². The van der Waals surface area contributed by atoms with E-state index in [0.717, 1.165) is 5.56 Å². The number of para-hydroxylation sites is 1. The van der Waals surface area contributed by atoms with Crippen LogP contribution in [0.1, 0.15) is 11.1 Å². The van der Waals surface area contributed by atoms with E-state index in [1.54, 1.807) is 42.5 Å². The lowest BCUT2D eigenvalue weighted by Crippen LogP contribution is -2.24. The summed E-state index contributed by atoms with van der Waals surface area (Å²) in [5.41, 5.74) is 1.65. The summed E-state index contributed by atoms with van der Waals surface area (Å²) in [5, 5.41) is 14.1. The smallest absolute Gasteiger partial charge is 0.387 e. The van der Waals surface area contributed by atoms with Gasteiger partial charge in [-0.15, -0.1) is 10.2 Å². The Balaban J connectivity index is 1.45. The van der Waals surface area contributed by atoms with Crippen LogP contribution in [0.2, 0.25) is 0 Å². The van der Waals surface area contributed by atoms with Crippen molar-refractivity contribution in [2.45, 2.75) is 24.1 Å². The molecule has 0 bridgehead atoms. The van der Waals surface area contributed by atoms with Crippen LogP contribution in [0.25, 0.3) is 22.4 Å². The molecule has 7 nitrogen and oxygen atoms in total. The molecule has 176 valence electrons. The highest BCUT2D eigenvalue weighted by atomic mass is 32.2. The number of halogens is 2. The minimum atomic E-state index is -2.91. The Morgan fingerprint density at radius 3 is 2.43 bits per heavy atom. The van der Waals surface area contributed by atoms with E-state index >= 15 is 0 Å². The number of aromatic nitrogens is 4. The van der Waals surface area contributed by atoms with Crippen LogP contribution in [0.5, 0.6) is 5.75 Å². The molecule has 10 heteroatoms. The summed E-state index contributed by atoms with van der Waals surface area (Å²) in [6, 6.07) is 23.2. The van der Waals surface area contributed by atoms with Crippen LogP contribution in [-0.2, 0) is 12.3 Å². The topological polar surface area (TPSA) is 83.0 Å². The monoisotopic (exact) mass is 492 g/mol. The Labute approximate surface area is 202 Å². The zero-order valence-corrected chi connectivity index (χ0v) is 19.0. The first-order chi connectivity index (χ1) is 17.1. The fraction of sp³-hybridized carbons (Fsp3) is 0.120. The third kappa shape index (κ3) is 5.07. The van der Waals surface area contributed by atoms with Gasteiger partial charge in [-0.3, -0.25) is 4.79 Å². The van der Waals surface area contributed by atoms with Crippen LogP contribution < -0.4 is 10.3 Å². The highest BCUT2D eigenvalue weighted by Gasteiger charge is 2.18. The van der Waals surface area contributed by atoms with Crippen molar-refractivity contribution in [1.82, 2.24) is 20.0 Å². The molecule has 5 aromatic rings. The number of hydrogen-bond acceptors (Lipinski definition) is 7. The van der Waals surface area contributed by atoms with Crippen molar-refractivity contribution in [3.8, 4) is 17.3 Å². The number of thioether (sulfide) groups is 1. The highest BCUT2D eigenvalue weighted by molar-refractivity contribution is 7.98. The van der Waals surface area contributed by atoms with Crippen LogP contribution in [0.15, 0.2) is 93.3 Å². The molecule has 0 N–H and O–H groups in total. The van der Waals surface area contributed by atoms with Crippen molar-refractivity contribution < 1.29 is 17.9 Å². The van der Waals surface area contributed by atoms with E-state index in [9.17, 15) is 13.6 Å². The van der Waals surface area contributed by atoms with E-state index < -0.39 is 6.61 Å². The Morgan fingerprint density at radius 2 is 1.63 bits per heavy atom. The molecule has 0 fully saturated rings. The summed E-state index contributed by atoms with van der Waals surface area (Å²) in [4.78, 5) is 13.1. The normalized spacial score (nSPS) is 11.3. The third-order valence-electron chi connectivity index (χ3n) is 5.19. The van der Waals surface area contributed by atoms with Gasteiger partial charge in [0.2, 0.25) is 0 Å². The van der Waals surface area contributed by atoms with Crippen LogP contribution in [0.3, 0.4) is 0 Å². The van der Waals surface area contributed by atoms with Crippen LogP contribution in [0.4, 0.5) is 8.78 Å². The molecule has 0 saturated heterocycles. The van der Waals surface area contributed by atoms with Gasteiger partial charge in [-0.2, -0.15) is 13.9 Å². The van der Waals surface area contributed by atoms with Gasteiger partial charge in [0, 0.05) is 16.7 Å². The van der Waals surface area contributed by atoms with Gasteiger partial charge in [0.1, 0.15) is 5.75 Å². The van der Waals surface area contributed by atoms with Crippen molar-refractivity contribution in [3.63, 3.8) is 0 Å². The fourth-order valence-electron chi connectivity index (χ4n) is 3.59. The molecule has 0 radical (unpaired) electrons. The summed E-state index contributed by atoms with van der Waals surface area (Å²) in [7, 11) is 0. The lowest BCUT2D eigenvalue weighted by molar-refractivity contribution is -0.0503. The van der Waals surface area contributed by atoms with Crippen LogP contribution in [-0.4, -0.2) is 26.6 Å². The lowest BCUT2D eigenvalue weighted by atomic mass is 10.1. The van der Waals surface area contributed by atoms with Gasteiger partial charge in [0.15, 0.2) is 5.69 Å². The molecule has 0 atom stereocenters. The van der Waals surface area contributed by atoms with E-state index in [2.05, 4.69) is 20.0 Å². The highest BCUT2D eigenvalue weighted by Crippen LogP contribution is 2.31. The molecule has 0 aliphatic heterocycles. The van der Waals surface area contributed by atoms with Gasteiger partial charge in [0.05, 0.1) is 11.9 Å². The second kappa shape index (κ2) is 10.1. The largest absolute Gasteiger partial charge is 0.435 e. The van der Waals surface area contributed by atoms with Crippen molar-refractivity contribution in [3.05, 3.63) is 100 Å². The Bertz CT molecular complexity index is 1520. The molecule has 0 aliphatic carbocycles. The quantitative estimate of drug-likeness (QED) is 0.269. The summed E-state index contributed by atoms with van der Waals surface area (Å²) < 4.78 is 37.2. The van der Waals surface area contributed by atoms with Gasteiger partial charge in [-0.1, -0.05) is 78.5 Å². The number of rotatable bonds is 8. The maximum atomic E-state index is 13.1. The van der Waals surface area contributed by atoms with Crippen molar-refractivity contribution >= 4 is 22.5 Å². The molecule has 35 heavy (non-hydrogen) atoms. The molecule has 0 unspecified atom stereocenters. The summed E-state index contributed by atoms with van der Waals surface area (Å²) in [6.45, 7) is -2.63. The van der Waals surface area contributed by atoms with E-state index in [1.807, 2.05) is 30.3 Å². The number of nitrogens with zero attached hydrogens (tertiary/aromatic N) is 4. The van der Waals surface area contributed by atoms with E-state index in [1.165, 1.54) is 22.5 Å². The molecule has 0 spiro atoms. The predicted octanol–water partition coefficient (Wildman–Crippen LogP) is 5.39. The second-order valence-corrected chi connectivity index (χ2v) is 8.42. The number of hydrogen-bond donors (Lipinski definition) is 0. The lowest BCUT2D eigenvalue weighted by Gasteiger charge is -2.09. The minimum absolute atomic E-state index is 0.0930. The first-order valence-corrected chi connectivity index (χ1v) is 11.6. The molecule has 5 rings (SSSR count). The van der Waals surface area contributed by atoms with Gasteiger partial charge in [0.25, 0.3) is 16.7 Å². The van der Waals surface area contributed by atoms with Gasteiger partial charge in [-0.05, 0) is 17.7 Å². The van der Waals surface area contributed by atoms with Gasteiger partial charge >= 0.3 is 6.61 Å². The minimum Gasteiger partial charge on any atom is -0.435 e. The average Bonchev–Trinajstić information content (AvgIpc) is 3.34. The molecular formula is C25H18F2N4O3S. The average molecular weight is 493 g/mol. The van der Waals surface area contributed by atoms with Gasteiger partial charge < -0.3 is 9.15 Å². The van der Waals surface area contributed by atoms with Crippen LogP contribution >= 0.6 is 11.8 Å². The van der Waals surface area contributed by atoms with Crippen molar-refractivity contribution in [1.29, 1.82) is 0 Å². The molecular weight excluding hydrogens is 474 g/mol. The molecule has 0 amide bonds. The molecule has 0 saturated carbocycles. The number of alkyl halides is 2. The maximum absolute atomic E-state index is 13.1. The molecule has 3 aromatic carbocycles. The molecule has 2 heterocycles. The van der Waals surface area contributed by atoms with E-state index in [0.29, 0.717) is 22.0 Å². The first-order valence-electron chi connectivity index (χ1n) is 10.6. The summed E-state index contributed by atoms with van der Waals surface area (Å²) in [5.74, 6) is 0.532. The zero-order valence-electron chi connectivity index (χ0n) is 18.2. The summed E-state index contributed by atoms with van der Waals surface area (Å²) in [6.07, 6.45) is 0. The third-order valence-corrected chi connectivity index (χ3v) is 6.06. The maximum Gasteiger partial charge on any atom is 0.387 e.